The second kappa shape index (κ2) is 4.11. The quantitative estimate of drug-likeness (QED) is 0.720. The molecular formula is C9H9ClN2O2. The van der Waals surface area contributed by atoms with Gasteiger partial charge in [-0.3, -0.25) is 9.59 Å². The summed E-state index contributed by atoms with van der Waals surface area (Å²) < 4.78 is 0. The number of alkyl halides is 1. The molecule has 0 aliphatic carbocycles. The fourth-order valence-corrected chi connectivity index (χ4v) is 1.43. The van der Waals surface area contributed by atoms with Crippen molar-refractivity contribution in [3.05, 3.63) is 34.9 Å². The lowest BCUT2D eigenvalue weighted by Gasteiger charge is -2.06. The molecule has 0 atom stereocenters. The average Bonchev–Trinajstić information content (AvgIpc) is 2.16. The summed E-state index contributed by atoms with van der Waals surface area (Å²) in [6, 6.07) is 4.67. The van der Waals surface area contributed by atoms with E-state index in [4.69, 9.17) is 23.1 Å². The average molecular weight is 213 g/mol. The highest BCUT2D eigenvalue weighted by Gasteiger charge is 2.15. The summed E-state index contributed by atoms with van der Waals surface area (Å²) >= 11 is 5.59. The van der Waals surface area contributed by atoms with Crippen LogP contribution in [0.4, 0.5) is 0 Å². The smallest absolute Gasteiger partial charge is 0.249 e. The van der Waals surface area contributed by atoms with Crippen LogP contribution in [0, 0.1) is 0 Å². The van der Waals surface area contributed by atoms with E-state index in [0.29, 0.717) is 5.56 Å². The number of carbonyl (C=O) groups is 2. The van der Waals surface area contributed by atoms with Gasteiger partial charge in [0.2, 0.25) is 11.8 Å². The molecule has 0 saturated carbocycles. The molecule has 0 radical (unpaired) electrons. The third-order valence-corrected chi connectivity index (χ3v) is 2.09. The minimum Gasteiger partial charge on any atom is -0.366 e. The van der Waals surface area contributed by atoms with E-state index in [9.17, 15) is 9.59 Å². The second-order valence-electron chi connectivity index (χ2n) is 2.70. The van der Waals surface area contributed by atoms with Gasteiger partial charge in [-0.2, -0.15) is 0 Å². The maximum absolute atomic E-state index is 11.1. The molecule has 0 aliphatic heterocycles. The van der Waals surface area contributed by atoms with Crippen molar-refractivity contribution in [1.82, 2.24) is 0 Å². The van der Waals surface area contributed by atoms with E-state index in [1.54, 1.807) is 12.1 Å². The Labute approximate surface area is 85.8 Å². The van der Waals surface area contributed by atoms with Crippen LogP contribution in [0.5, 0.6) is 0 Å². The summed E-state index contributed by atoms with van der Waals surface area (Å²) in [6.07, 6.45) is 0. The standard InChI is InChI=1S/C9H9ClN2O2/c10-4-5-2-1-3-6(8(11)13)7(5)9(12)14/h1-3H,4H2,(H2,11,13)(H2,12,14). The minimum atomic E-state index is -0.699. The van der Waals surface area contributed by atoms with Crippen molar-refractivity contribution in [3.63, 3.8) is 0 Å². The molecule has 4 N–H and O–H groups in total. The zero-order valence-electron chi connectivity index (χ0n) is 7.29. The lowest BCUT2D eigenvalue weighted by atomic mass is 10.0. The van der Waals surface area contributed by atoms with Crippen LogP contribution < -0.4 is 11.5 Å². The van der Waals surface area contributed by atoms with Crippen LogP contribution in [0.25, 0.3) is 0 Å². The number of nitrogens with two attached hydrogens (primary N) is 2. The second-order valence-corrected chi connectivity index (χ2v) is 2.97. The summed E-state index contributed by atoms with van der Waals surface area (Å²) in [4.78, 5) is 22.0. The Morgan fingerprint density at radius 3 is 2.29 bits per heavy atom. The Morgan fingerprint density at radius 2 is 1.86 bits per heavy atom. The third kappa shape index (κ3) is 1.85. The molecule has 0 saturated heterocycles. The molecule has 0 bridgehead atoms. The maximum atomic E-state index is 11.1. The highest BCUT2D eigenvalue weighted by molar-refractivity contribution is 6.18. The van der Waals surface area contributed by atoms with E-state index in [1.165, 1.54) is 6.07 Å². The van der Waals surface area contributed by atoms with Crippen LogP contribution in [0.2, 0.25) is 0 Å². The van der Waals surface area contributed by atoms with Crippen LogP contribution in [0.1, 0.15) is 26.3 Å². The molecule has 0 fully saturated rings. The number of hydrogen-bond acceptors (Lipinski definition) is 2. The van der Waals surface area contributed by atoms with Crippen LogP contribution in [-0.2, 0) is 5.88 Å². The molecule has 0 heterocycles. The molecule has 4 nitrogen and oxygen atoms in total. The Morgan fingerprint density at radius 1 is 1.21 bits per heavy atom. The molecule has 14 heavy (non-hydrogen) atoms. The number of hydrogen-bond donors (Lipinski definition) is 2. The van der Waals surface area contributed by atoms with Gasteiger partial charge >= 0.3 is 0 Å². The zero-order chi connectivity index (χ0) is 10.7. The third-order valence-electron chi connectivity index (χ3n) is 1.81. The number of halogens is 1. The zero-order valence-corrected chi connectivity index (χ0v) is 8.04. The van der Waals surface area contributed by atoms with Gasteiger partial charge in [0, 0.05) is 5.88 Å². The number of amides is 2. The van der Waals surface area contributed by atoms with E-state index >= 15 is 0 Å². The van der Waals surface area contributed by atoms with Crippen molar-refractivity contribution in [2.45, 2.75) is 5.88 Å². The molecule has 1 aromatic rings. The normalized spacial score (nSPS) is 9.79. The van der Waals surface area contributed by atoms with Crippen molar-refractivity contribution < 1.29 is 9.59 Å². The minimum absolute atomic E-state index is 0.106. The summed E-state index contributed by atoms with van der Waals surface area (Å²) in [7, 11) is 0. The van der Waals surface area contributed by atoms with Gasteiger partial charge in [-0.25, -0.2) is 0 Å². The van der Waals surface area contributed by atoms with Crippen LogP contribution in [-0.4, -0.2) is 11.8 Å². The lowest BCUT2D eigenvalue weighted by molar-refractivity contribution is 0.0966. The van der Waals surface area contributed by atoms with Crippen molar-refractivity contribution >= 4 is 23.4 Å². The van der Waals surface area contributed by atoms with Crippen LogP contribution in [0.15, 0.2) is 18.2 Å². The van der Waals surface area contributed by atoms with Gasteiger partial charge in [-0.15, -0.1) is 11.6 Å². The van der Waals surface area contributed by atoms with Crippen LogP contribution >= 0.6 is 11.6 Å². The van der Waals surface area contributed by atoms with Gasteiger partial charge in [0.15, 0.2) is 0 Å². The summed E-state index contributed by atoms with van der Waals surface area (Å²) in [5.74, 6) is -1.28. The SMILES string of the molecule is NC(=O)c1cccc(CCl)c1C(N)=O. The van der Waals surface area contributed by atoms with Crippen LogP contribution in [0.3, 0.4) is 0 Å². The molecule has 74 valence electrons. The van der Waals surface area contributed by atoms with E-state index in [-0.39, 0.29) is 17.0 Å². The molecular weight excluding hydrogens is 204 g/mol. The highest BCUT2D eigenvalue weighted by atomic mass is 35.5. The maximum Gasteiger partial charge on any atom is 0.249 e. The predicted octanol–water partition coefficient (Wildman–Crippen LogP) is 0.623. The molecule has 0 aromatic heterocycles. The van der Waals surface area contributed by atoms with Crippen molar-refractivity contribution in [2.24, 2.45) is 11.5 Å². The number of carbonyl (C=O) groups excluding carboxylic acids is 2. The summed E-state index contributed by atoms with van der Waals surface area (Å²) in [5.41, 5.74) is 10.9. The first-order chi connectivity index (χ1) is 6.57. The van der Waals surface area contributed by atoms with Gasteiger partial charge < -0.3 is 11.5 Å². The topological polar surface area (TPSA) is 86.2 Å². The van der Waals surface area contributed by atoms with Crippen molar-refractivity contribution in [1.29, 1.82) is 0 Å². The molecule has 1 aromatic carbocycles. The number of benzene rings is 1. The molecule has 2 amide bonds. The van der Waals surface area contributed by atoms with Gasteiger partial charge in [-0.1, -0.05) is 12.1 Å². The van der Waals surface area contributed by atoms with Gasteiger partial charge in [0.05, 0.1) is 11.1 Å². The van der Waals surface area contributed by atoms with Gasteiger partial charge in [0.1, 0.15) is 0 Å². The molecule has 1 rings (SSSR count). The predicted molar refractivity (Wildman–Crippen MR) is 53.0 cm³/mol. The Kier molecular flexibility index (Phi) is 3.09. The van der Waals surface area contributed by atoms with E-state index in [2.05, 4.69) is 0 Å². The van der Waals surface area contributed by atoms with Gasteiger partial charge in [0.25, 0.3) is 0 Å². The fraction of sp³-hybridized carbons (Fsp3) is 0.111. The molecule has 0 aliphatic rings. The fourth-order valence-electron chi connectivity index (χ4n) is 1.21. The van der Waals surface area contributed by atoms with Gasteiger partial charge in [-0.05, 0) is 11.6 Å². The first-order valence-electron chi connectivity index (χ1n) is 3.85. The monoisotopic (exact) mass is 212 g/mol. The molecule has 5 heteroatoms. The first-order valence-corrected chi connectivity index (χ1v) is 4.38. The number of primary amides is 2. The first kappa shape index (κ1) is 10.5. The highest BCUT2D eigenvalue weighted by Crippen LogP contribution is 2.15. The summed E-state index contributed by atoms with van der Waals surface area (Å²) in [6.45, 7) is 0. The van der Waals surface area contributed by atoms with E-state index < -0.39 is 11.8 Å². The largest absolute Gasteiger partial charge is 0.366 e. The van der Waals surface area contributed by atoms with E-state index in [1.807, 2.05) is 0 Å². The Bertz CT molecular complexity index is 390. The molecule has 0 unspecified atom stereocenters. The Hall–Kier alpha value is -1.55. The number of rotatable bonds is 3. The lowest BCUT2D eigenvalue weighted by Crippen LogP contribution is -2.22. The van der Waals surface area contributed by atoms with E-state index in [0.717, 1.165) is 0 Å². The molecule has 0 spiro atoms. The Balaban J connectivity index is 3.43. The van der Waals surface area contributed by atoms with Crippen molar-refractivity contribution in [3.8, 4) is 0 Å². The summed E-state index contributed by atoms with van der Waals surface area (Å²) in [5, 5.41) is 0. The van der Waals surface area contributed by atoms with Crippen molar-refractivity contribution in [2.75, 3.05) is 0 Å².